The number of rotatable bonds is 3. The highest BCUT2D eigenvalue weighted by Gasteiger charge is 2.44. The maximum absolute atomic E-state index is 12.8. The van der Waals surface area contributed by atoms with Gasteiger partial charge in [0.25, 0.3) is 5.91 Å². The summed E-state index contributed by atoms with van der Waals surface area (Å²) in [4.78, 5) is 23.3. The predicted octanol–water partition coefficient (Wildman–Crippen LogP) is 2.14. The van der Waals surface area contributed by atoms with Crippen molar-refractivity contribution in [1.29, 1.82) is 0 Å². The van der Waals surface area contributed by atoms with E-state index < -0.39 is 0 Å². The van der Waals surface area contributed by atoms with Gasteiger partial charge in [-0.15, -0.1) is 0 Å². The number of benzene rings is 1. The van der Waals surface area contributed by atoms with Crippen LogP contribution in [0.5, 0.6) is 5.88 Å². The summed E-state index contributed by atoms with van der Waals surface area (Å²) >= 11 is 0. The number of fused-ring (bicyclic) bond motifs is 2. The Morgan fingerprint density at radius 1 is 1.36 bits per heavy atom. The van der Waals surface area contributed by atoms with Gasteiger partial charge < -0.3 is 15.0 Å². The van der Waals surface area contributed by atoms with Crippen molar-refractivity contribution in [3.8, 4) is 5.88 Å². The van der Waals surface area contributed by atoms with Crippen molar-refractivity contribution in [2.45, 2.75) is 44.2 Å². The lowest BCUT2D eigenvalue weighted by molar-refractivity contribution is -0.140. The highest BCUT2D eigenvalue weighted by atomic mass is 16.5. The van der Waals surface area contributed by atoms with E-state index in [1.165, 1.54) is 6.33 Å². The Labute approximate surface area is 147 Å². The maximum atomic E-state index is 12.8. The standard InChI is InChI=1S/C19H24N4O2/c1-19-9-5-11-23(16(19)8-4-10-22-19)17(24)12-25-18-14-6-2-3-7-15(14)20-13-21-18/h2-3,6-7,13,16,22H,4-5,8-12H2,1H3/t16-,19+/m1/s1. The molecule has 2 fully saturated rings. The minimum Gasteiger partial charge on any atom is -0.467 e. The highest BCUT2D eigenvalue weighted by Crippen LogP contribution is 2.33. The average Bonchev–Trinajstić information content (AvgIpc) is 2.65. The third kappa shape index (κ3) is 3.06. The molecule has 4 rings (SSSR count). The van der Waals surface area contributed by atoms with Crippen molar-refractivity contribution < 1.29 is 9.53 Å². The predicted molar refractivity (Wildman–Crippen MR) is 95.4 cm³/mol. The average molecular weight is 340 g/mol. The monoisotopic (exact) mass is 340 g/mol. The number of aromatic nitrogens is 2. The van der Waals surface area contributed by atoms with Crippen LogP contribution in [0.2, 0.25) is 0 Å². The Morgan fingerprint density at radius 2 is 2.24 bits per heavy atom. The van der Waals surface area contributed by atoms with Crippen LogP contribution < -0.4 is 10.1 Å². The van der Waals surface area contributed by atoms with Crippen LogP contribution >= 0.6 is 0 Å². The molecule has 0 saturated carbocycles. The molecule has 0 radical (unpaired) electrons. The van der Waals surface area contributed by atoms with Gasteiger partial charge in [0.2, 0.25) is 5.88 Å². The molecule has 6 nitrogen and oxygen atoms in total. The van der Waals surface area contributed by atoms with E-state index in [-0.39, 0.29) is 24.1 Å². The molecule has 6 heteroatoms. The Hall–Kier alpha value is -2.21. The lowest BCUT2D eigenvalue weighted by Crippen LogP contribution is -2.66. The van der Waals surface area contributed by atoms with Crippen molar-refractivity contribution in [2.75, 3.05) is 19.7 Å². The van der Waals surface area contributed by atoms with Crippen molar-refractivity contribution in [3.63, 3.8) is 0 Å². The van der Waals surface area contributed by atoms with Crippen LogP contribution in [0.15, 0.2) is 30.6 Å². The normalized spacial score (nSPS) is 26.3. The molecule has 2 aromatic rings. The first-order valence-corrected chi connectivity index (χ1v) is 9.04. The van der Waals surface area contributed by atoms with Crippen molar-refractivity contribution in [1.82, 2.24) is 20.2 Å². The zero-order valence-corrected chi connectivity index (χ0v) is 14.6. The van der Waals surface area contributed by atoms with E-state index in [0.717, 1.165) is 49.7 Å². The van der Waals surface area contributed by atoms with Crippen LogP contribution in [-0.2, 0) is 4.79 Å². The number of piperidine rings is 2. The van der Waals surface area contributed by atoms with E-state index in [0.29, 0.717) is 5.88 Å². The molecule has 0 unspecified atom stereocenters. The van der Waals surface area contributed by atoms with E-state index >= 15 is 0 Å². The molecule has 1 aromatic carbocycles. The largest absolute Gasteiger partial charge is 0.467 e. The fourth-order valence-corrected chi connectivity index (χ4v) is 4.24. The molecule has 1 N–H and O–H groups in total. The van der Waals surface area contributed by atoms with Crippen LogP contribution in [0, 0.1) is 0 Å². The highest BCUT2D eigenvalue weighted by molar-refractivity contribution is 5.84. The molecule has 25 heavy (non-hydrogen) atoms. The zero-order valence-electron chi connectivity index (χ0n) is 14.6. The second kappa shape index (κ2) is 6.59. The van der Waals surface area contributed by atoms with E-state index in [1.807, 2.05) is 29.2 Å². The first-order valence-electron chi connectivity index (χ1n) is 9.04. The first kappa shape index (κ1) is 16.3. The number of amides is 1. The molecular weight excluding hydrogens is 316 g/mol. The van der Waals surface area contributed by atoms with E-state index in [9.17, 15) is 4.79 Å². The van der Waals surface area contributed by atoms with Gasteiger partial charge in [0.05, 0.1) is 10.9 Å². The van der Waals surface area contributed by atoms with Crippen molar-refractivity contribution in [3.05, 3.63) is 30.6 Å². The summed E-state index contributed by atoms with van der Waals surface area (Å²) in [6, 6.07) is 7.93. The minimum atomic E-state index is 0.0214. The van der Waals surface area contributed by atoms with Gasteiger partial charge in [-0.05, 0) is 51.3 Å². The summed E-state index contributed by atoms with van der Waals surface area (Å²) in [6.45, 7) is 4.12. The summed E-state index contributed by atoms with van der Waals surface area (Å²) in [6.07, 6.45) is 5.80. The van der Waals surface area contributed by atoms with Crippen LogP contribution in [-0.4, -0.2) is 52.1 Å². The van der Waals surface area contributed by atoms with Crippen molar-refractivity contribution in [2.24, 2.45) is 0 Å². The summed E-state index contributed by atoms with van der Waals surface area (Å²) < 4.78 is 5.78. The molecule has 2 atom stereocenters. The topological polar surface area (TPSA) is 67.4 Å². The summed E-state index contributed by atoms with van der Waals surface area (Å²) in [5.41, 5.74) is 0.857. The number of nitrogens with one attached hydrogen (secondary N) is 1. The lowest BCUT2D eigenvalue weighted by atomic mass is 9.78. The van der Waals surface area contributed by atoms with Crippen LogP contribution in [0.3, 0.4) is 0 Å². The maximum Gasteiger partial charge on any atom is 0.260 e. The molecule has 0 bridgehead atoms. The number of nitrogens with zero attached hydrogens (tertiary/aromatic N) is 3. The Kier molecular flexibility index (Phi) is 4.29. The molecule has 2 aliphatic rings. The van der Waals surface area contributed by atoms with Crippen LogP contribution in [0.1, 0.15) is 32.6 Å². The molecule has 1 aromatic heterocycles. The van der Waals surface area contributed by atoms with Gasteiger partial charge in [0.15, 0.2) is 6.61 Å². The van der Waals surface area contributed by atoms with Gasteiger partial charge in [-0.1, -0.05) is 12.1 Å². The van der Waals surface area contributed by atoms with E-state index in [1.54, 1.807) is 0 Å². The Bertz CT molecular complexity index is 772. The molecule has 0 aliphatic carbocycles. The number of carbonyl (C=O) groups is 1. The SMILES string of the molecule is C[C@]12CCCN(C(=O)COc3ncnc4ccccc34)[C@@H]1CCCN2. The molecule has 132 valence electrons. The number of likely N-dealkylation sites (tertiary alicyclic amines) is 1. The molecule has 2 aliphatic heterocycles. The van der Waals surface area contributed by atoms with Gasteiger partial charge in [-0.2, -0.15) is 0 Å². The number of hydrogen-bond donors (Lipinski definition) is 1. The Balaban J connectivity index is 1.48. The summed E-state index contributed by atoms with van der Waals surface area (Å²) in [5, 5.41) is 4.46. The van der Waals surface area contributed by atoms with E-state index in [4.69, 9.17) is 4.74 Å². The lowest BCUT2D eigenvalue weighted by Gasteiger charge is -2.51. The number of ether oxygens (including phenoxy) is 1. The van der Waals surface area contributed by atoms with E-state index in [2.05, 4.69) is 22.2 Å². The summed E-state index contributed by atoms with van der Waals surface area (Å²) in [7, 11) is 0. The first-order chi connectivity index (χ1) is 12.2. The molecule has 3 heterocycles. The summed E-state index contributed by atoms with van der Waals surface area (Å²) in [5.74, 6) is 0.516. The minimum absolute atomic E-state index is 0.0214. The quantitative estimate of drug-likeness (QED) is 0.927. The van der Waals surface area contributed by atoms with Gasteiger partial charge in [-0.3, -0.25) is 4.79 Å². The number of para-hydroxylation sites is 1. The van der Waals surface area contributed by atoms with Crippen LogP contribution in [0.4, 0.5) is 0 Å². The second-order valence-electron chi connectivity index (χ2n) is 7.18. The second-order valence-corrected chi connectivity index (χ2v) is 7.18. The fourth-order valence-electron chi connectivity index (χ4n) is 4.24. The van der Waals surface area contributed by atoms with Gasteiger partial charge >= 0.3 is 0 Å². The number of hydrogen-bond acceptors (Lipinski definition) is 5. The van der Waals surface area contributed by atoms with Gasteiger partial charge in [0, 0.05) is 18.1 Å². The Morgan fingerprint density at radius 3 is 3.16 bits per heavy atom. The zero-order chi connectivity index (χ0) is 17.3. The number of carbonyl (C=O) groups excluding carboxylic acids is 1. The molecule has 0 spiro atoms. The van der Waals surface area contributed by atoms with Gasteiger partial charge in [-0.25, -0.2) is 9.97 Å². The third-order valence-corrected chi connectivity index (χ3v) is 5.55. The molecule has 2 saturated heterocycles. The smallest absolute Gasteiger partial charge is 0.260 e. The van der Waals surface area contributed by atoms with Crippen molar-refractivity contribution >= 4 is 16.8 Å². The van der Waals surface area contributed by atoms with Gasteiger partial charge in [0.1, 0.15) is 6.33 Å². The van der Waals surface area contributed by atoms with Crippen LogP contribution in [0.25, 0.3) is 10.9 Å². The molecular formula is C19H24N4O2. The fraction of sp³-hybridized carbons (Fsp3) is 0.526. The molecule has 1 amide bonds. The third-order valence-electron chi connectivity index (χ3n) is 5.55.